The second-order valence-electron chi connectivity index (χ2n) is 5.05. The van der Waals surface area contributed by atoms with Gasteiger partial charge in [0, 0.05) is 37.4 Å². The average Bonchev–Trinajstić information content (AvgIpc) is 2.84. The van der Waals surface area contributed by atoms with Gasteiger partial charge in [0.05, 0.1) is 0 Å². The zero-order chi connectivity index (χ0) is 14.4. The molecular formula is C16H22ClN3. The lowest BCUT2D eigenvalue weighted by Crippen LogP contribution is -2.22. The number of hydrogen-bond acceptors (Lipinski definition) is 2. The fourth-order valence-electron chi connectivity index (χ4n) is 2.41. The number of imidazole rings is 1. The first-order valence-electron chi connectivity index (χ1n) is 7.13. The molecule has 1 aromatic heterocycles. The zero-order valence-electron chi connectivity index (χ0n) is 12.1. The van der Waals surface area contributed by atoms with E-state index < -0.39 is 0 Å². The summed E-state index contributed by atoms with van der Waals surface area (Å²) in [6, 6.07) is 8.18. The summed E-state index contributed by atoms with van der Waals surface area (Å²) in [5, 5.41) is 4.25. The Hall–Kier alpha value is -1.32. The largest absolute Gasteiger partial charge is 0.338 e. The van der Waals surface area contributed by atoms with Crippen molar-refractivity contribution < 1.29 is 0 Å². The number of hydrogen-bond donors (Lipinski definition) is 1. The summed E-state index contributed by atoms with van der Waals surface area (Å²) in [6.45, 7) is 4.09. The third kappa shape index (κ3) is 4.09. The van der Waals surface area contributed by atoms with Crippen LogP contribution in [0, 0.1) is 0 Å². The molecule has 2 rings (SSSR count). The highest BCUT2D eigenvalue weighted by Crippen LogP contribution is 2.23. The predicted molar refractivity (Wildman–Crippen MR) is 84.3 cm³/mol. The Bertz CT molecular complexity index is 536. The maximum atomic E-state index is 6.11. The molecular weight excluding hydrogens is 270 g/mol. The van der Waals surface area contributed by atoms with Gasteiger partial charge in [0.2, 0.25) is 0 Å². The molecule has 0 aliphatic rings. The Kier molecular flexibility index (Phi) is 5.62. The first-order chi connectivity index (χ1) is 9.70. The van der Waals surface area contributed by atoms with Crippen molar-refractivity contribution in [3.05, 3.63) is 53.1 Å². The maximum absolute atomic E-state index is 6.11. The number of benzene rings is 1. The molecule has 0 fully saturated rings. The van der Waals surface area contributed by atoms with Crippen LogP contribution in [0.15, 0.2) is 36.7 Å². The Morgan fingerprint density at radius 3 is 2.90 bits per heavy atom. The van der Waals surface area contributed by atoms with E-state index in [-0.39, 0.29) is 0 Å². The van der Waals surface area contributed by atoms with Crippen LogP contribution in [0.2, 0.25) is 5.02 Å². The number of halogens is 1. The van der Waals surface area contributed by atoms with Crippen LogP contribution in [-0.2, 0) is 13.5 Å². The Labute approximate surface area is 126 Å². The molecule has 1 unspecified atom stereocenters. The van der Waals surface area contributed by atoms with Crippen LogP contribution in [-0.4, -0.2) is 22.6 Å². The second-order valence-corrected chi connectivity index (χ2v) is 5.49. The minimum absolute atomic E-state index is 0.463. The molecule has 20 heavy (non-hydrogen) atoms. The van der Waals surface area contributed by atoms with Crippen LogP contribution in [0.1, 0.15) is 30.7 Å². The summed E-state index contributed by atoms with van der Waals surface area (Å²) in [4.78, 5) is 4.40. The van der Waals surface area contributed by atoms with Crippen molar-refractivity contribution in [2.75, 3.05) is 13.1 Å². The number of nitrogens with zero attached hydrogens (tertiary/aromatic N) is 2. The summed E-state index contributed by atoms with van der Waals surface area (Å²) in [7, 11) is 2.04. The molecule has 0 aliphatic carbocycles. The summed E-state index contributed by atoms with van der Waals surface area (Å²) in [6.07, 6.45) is 5.90. The summed E-state index contributed by atoms with van der Waals surface area (Å²) in [5.41, 5.74) is 1.30. The van der Waals surface area contributed by atoms with Crippen LogP contribution in [0.4, 0.5) is 0 Å². The van der Waals surface area contributed by atoms with Crippen molar-refractivity contribution in [3.8, 4) is 0 Å². The van der Waals surface area contributed by atoms with E-state index in [4.69, 9.17) is 11.6 Å². The van der Waals surface area contributed by atoms with Gasteiger partial charge >= 0.3 is 0 Å². The fourth-order valence-corrected chi connectivity index (χ4v) is 2.61. The van der Waals surface area contributed by atoms with Gasteiger partial charge in [0.15, 0.2) is 0 Å². The van der Waals surface area contributed by atoms with Gasteiger partial charge in [0.1, 0.15) is 5.82 Å². The molecule has 0 saturated heterocycles. The lowest BCUT2D eigenvalue weighted by atomic mass is 9.94. The molecule has 0 aliphatic heterocycles. The van der Waals surface area contributed by atoms with E-state index in [1.54, 1.807) is 0 Å². The molecule has 1 heterocycles. The van der Waals surface area contributed by atoms with E-state index in [2.05, 4.69) is 33.9 Å². The van der Waals surface area contributed by atoms with E-state index in [9.17, 15) is 0 Å². The summed E-state index contributed by atoms with van der Waals surface area (Å²) in [5.74, 6) is 1.60. The molecule has 2 aromatic rings. The molecule has 0 saturated carbocycles. The normalized spacial score (nSPS) is 12.6. The van der Waals surface area contributed by atoms with Gasteiger partial charge in [0.25, 0.3) is 0 Å². The Morgan fingerprint density at radius 2 is 2.25 bits per heavy atom. The van der Waals surface area contributed by atoms with E-state index >= 15 is 0 Å². The van der Waals surface area contributed by atoms with Gasteiger partial charge in [-0.1, -0.05) is 30.7 Å². The zero-order valence-corrected chi connectivity index (χ0v) is 12.9. The van der Waals surface area contributed by atoms with Gasteiger partial charge in [-0.2, -0.15) is 0 Å². The molecule has 3 nitrogen and oxygen atoms in total. The third-order valence-electron chi connectivity index (χ3n) is 3.60. The molecule has 108 valence electrons. The minimum Gasteiger partial charge on any atom is -0.338 e. The number of likely N-dealkylation sites (N-methyl/N-ethyl adjacent to an activating group) is 1. The Balaban J connectivity index is 2.05. The topological polar surface area (TPSA) is 29.9 Å². The first kappa shape index (κ1) is 15.1. The molecule has 0 radical (unpaired) electrons. The molecule has 4 heteroatoms. The van der Waals surface area contributed by atoms with Gasteiger partial charge in [-0.25, -0.2) is 4.98 Å². The maximum Gasteiger partial charge on any atom is 0.108 e. The van der Waals surface area contributed by atoms with Crippen LogP contribution < -0.4 is 5.32 Å². The van der Waals surface area contributed by atoms with Crippen molar-refractivity contribution in [1.29, 1.82) is 0 Å². The van der Waals surface area contributed by atoms with Crippen molar-refractivity contribution in [2.24, 2.45) is 7.05 Å². The number of aryl methyl sites for hydroxylation is 2. The molecule has 1 N–H and O–H groups in total. The number of nitrogens with one attached hydrogen (secondary N) is 1. The van der Waals surface area contributed by atoms with Crippen LogP contribution in [0.3, 0.4) is 0 Å². The van der Waals surface area contributed by atoms with Crippen LogP contribution in [0.5, 0.6) is 0 Å². The monoisotopic (exact) mass is 291 g/mol. The predicted octanol–water partition coefficient (Wildman–Crippen LogP) is 3.40. The summed E-state index contributed by atoms with van der Waals surface area (Å²) < 4.78 is 2.09. The standard InChI is InChI=1S/C16H22ClN3/c1-3-18-12-14(13-5-4-6-15(17)11-13)7-8-16-19-9-10-20(16)2/h4-6,9-11,14,18H,3,7-8,12H2,1-2H3. The van der Waals surface area contributed by atoms with E-state index in [0.717, 1.165) is 36.8 Å². The van der Waals surface area contributed by atoms with Crippen LogP contribution >= 0.6 is 11.6 Å². The van der Waals surface area contributed by atoms with Gasteiger partial charge in [-0.05, 0) is 36.6 Å². The van der Waals surface area contributed by atoms with E-state index in [1.807, 2.05) is 31.6 Å². The van der Waals surface area contributed by atoms with Crippen molar-refractivity contribution >= 4 is 11.6 Å². The van der Waals surface area contributed by atoms with Crippen molar-refractivity contribution in [2.45, 2.75) is 25.7 Å². The van der Waals surface area contributed by atoms with Crippen LogP contribution in [0.25, 0.3) is 0 Å². The summed E-state index contributed by atoms with van der Waals surface area (Å²) >= 11 is 6.11. The molecule has 0 spiro atoms. The highest BCUT2D eigenvalue weighted by molar-refractivity contribution is 6.30. The fraction of sp³-hybridized carbons (Fsp3) is 0.438. The quantitative estimate of drug-likeness (QED) is 0.847. The van der Waals surface area contributed by atoms with Gasteiger partial charge in [-0.15, -0.1) is 0 Å². The third-order valence-corrected chi connectivity index (χ3v) is 3.83. The highest BCUT2D eigenvalue weighted by Gasteiger charge is 2.13. The number of aromatic nitrogens is 2. The van der Waals surface area contributed by atoms with Gasteiger partial charge < -0.3 is 9.88 Å². The molecule has 1 aromatic carbocycles. The minimum atomic E-state index is 0.463. The molecule has 0 amide bonds. The van der Waals surface area contributed by atoms with E-state index in [0.29, 0.717) is 5.92 Å². The lowest BCUT2D eigenvalue weighted by molar-refractivity contribution is 0.550. The Morgan fingerprint density at radius 1 is 1.40 bits per heavy atom. The second kappa shape index (κ2) is 7.46. The SMILES string of the molecule is CCNCC(CCc1nccn1C)c1cccc(Cl)c1. The number of rotatable bonds is 7. The average molecular weight is 292 g/mol. The lowest BCUT2D eigenvalue weighted by Gasteiger charge is -2.18. The first-order valence-corrected chi connectivity index (χ1v) is 7.51. The van der Waals surface area contributed by atoms with Gasteiger partial charge in [-0.3, -0.25) is 0 Å². The smallest absolute Gasteiger partial charge is 0.108 e. The van der Waals surface area contributed by atoms with Crippen molar-refractivity contribution in [3.63, 3.8) is 0 Å². The van der Waals surface area contributed by atoms with Crippen molar-refractivity contribution in [1.82, 2.24) is 14.9 Å². The molecule has 0 bridgehead atoms. The molecule has 1 atom stereocenters. The van der Waals surface area contributed by atoms with E-state index in [1.165, 1.54) is 5.56 Å². The highest BCUT2D eigenvalue weighted by atomic mass is 35.5.